The van der Waals surface area contributed by atoms with E-state index in [-0.39, 0.29) is 22.6 Å². The van der Waals surface area contributed by atoms with E-state index in [0.717, 1.165) is 12.8 Å². The number of benzene rings is 2. The van der Waals surface area contributed by atoms with Crippen LogP contribution < -0.4 is 10.0 Å². The Labute approximate surface area is 167 Å². The Morgan fingerprint density at radius 2 is 1.89 bits per heavy atom. The van der Waals surface area contributed by atoms with Crippen LogP contribution in [0.15, 0.2) is 47.4 Å². The van der Waals surface area contributed by atoms with Crippen molar-refractivity contribution < 1.29 is 17.9 Å². The number of nitrogens with one attached hydrogen (secondary N) is 2. The van der Waals surface area contributed by atoms with Gasteiger partial charge >= 0.3 is 0 Å². The first-order valence-corrected chi connectivity index (χ1v) is 10.6. The van der Waals surface area contributed by atoms with Crippen molar-refractivity contribution in [3.05, 3.63) is 58.1 Å². The summed E-state index contributed by atoms with van der Waals surface area (Å²) in [5.74, 6) is -0.421. The number of sulfonamides is 1. The Balaban J connectivity index is 1.66. The molecule has 9 heteroatoms. The van der Waals surface area contributed by atoms with Crippen LogP contribution >= 0.6 is 23.2 Å². The van der Waals surface area contributed by atoms with E-state index < -0.39 is 15.9 Å². The summed E-state index contributed by atoms with van der Waals surface area (Å²) in [7, 11) is -3.66. The van der Waals surface area contributed by atoms with E-state index >= 15 is 0 Å². The van der Waals surface area contributed by atoms with Crippen LogP contribution in [-0.4, -0.2) is 33.6 Å². The second kappa shape index (κ2) is 8.58. The van der Waals surface area contributed by atoms with Crippen LogP contribution in [-0.2, 0) is 14.8 Å². The minimum Gasteiger partial charge on any atom is -0.377 e. The number of carbonyl (C=O) groups excluding carboxylic acids is 1. The van der Waals surface area contributed by atoms with Gasteiger partial charge in [0.05, 0.1) is 26.7 Å². The molecule has 27 heavy (non-hydrogen) atoms. The van der Waals surface area contributed by atoms with Gasteiger partial charge in [0, 0.05) is 18.7 Å². The van der Waals surface area contributed by atoms with E-state index in [2.05, 4.69) is 10.0 Å². The van der Waals surface area contributed by atoms with Gasteiger partial charge in [-0.15, -0.1) is 0 Å². The Bertz CT molecular complexity index is 927. The fourth-order valence-electron chi connectivity index (χ4n) is 2.67. The van der Waals surface area contributed by atoms with E-state index in [1.54, 1.807) is 18.2 Å². The van der Waals surface area contributed by atoms with E-state index in [0.29, 0.717) is 22.9 Å². The van der Waals surface area contributed by atoms with Gasteiger partial charge in [-0.25, -0.2) is 13.1 Å². The Morgan fingerprint density at radius 1 is 1.15 bits per heavy atom. The second-order valence-corrected chi connectivity index (χ2v) is 8.62. The molecule has 0 spiro atoms. The Morgan fingerprint density at radius 3 is 2.56 bits per heavy atom. The molecule has 0 aliphatic carbocycles. The number of hydrogen-bond acceptors (Lipinski definition) is 4. The van der Waals surface area contributed by atoms with Crippen molar-refractivity contribution in [3.8, 4) is 0 Å². The molecule has 1 fully saturated rings. The number of ether oxygens (including phenoxy) is 1. The number of carbonyl (C=O) groups is 1. The highest BCUT2D eigenvalue weighted by Gasteiger charge is 2.20. The van der Waals surface area contributed by atoms with Crippen LogP contribution in [0.25, 0.3) is 0 Å². The summed E-state index contributed by atoms with van der Waals surface area (Å²) in [5, 5.41) is 3.22. The first-order chi connectivity index (χ1) is 12.9. The van der Waals surface area contributed by atoms with Crippen LogP contribution in [0.2, 0.25) is 10.0 Å². The second-order valence-electron chi connectivity index (χ2n) is 6.07. The summed E-state index contributed by atoms with van der Waals surface area (Å²) < 4.78 is 32.6. The van der Waals surface area contributed by atoms with E-state index in [1.807, 2.05) is 0 Å². The largest absolute Gasteiger partial charge is 0.377 e. The third-order valence-electron chi connectivity index (χ3n) is 4.15. The van der Waals surface area contributed by atoms with Gasteiger partial charge < -0.3 is 10.1 Å². The summed E-state index contributed by atoms with van der Waals surface area (Å²) in [6.45, 7) is 0.894. The molecule has 3 rings (SSSR count). The molecule has 6 nitrogen and oxygen atoms in total. The molecule has 1 atom stereocenters. The zero-order chi connectivity index (χ0) is 19.4. The smallest absolute Gasteiger partial charge is 0.255 e. The van der Waals surface area contributed by atoms with Gasteiger partial charge in [-0.05, 0) is 49.2 Å². The maximum atomic E-state index is 12.3. The molecule has 0 radical (unpaired) electrons. The maximum absolute atomic E-state index is 12.3. The van der Waals surface area contributed by atoms with Crippen molar-refractivity contribution in [2.45, 2.75) is 23.8 Å². The SMILES string of the molecule is O=C(Nc1cccc(Cl)c1Cl)c1ccc(S(=O)(=O)NC[C@H]2CCCO2)cc1. The summed E-state index contributed by atoms with van der Waals surface area (Å²) in [6, 6.07) is 10.5. The molecule has 1 amide bonds. The van der Waals surface area contributed by atoms with E-state index in [1.165, 1.54) is 24.3 Å². The average Bonchev–Trinajstić information content (AvgIpc) is 3.18. The van der Waals surface area contributed by atoms with Gasteiger partial charge in [-0.2, -0.15) is 0 Å². The van der Waals surface area contributed by atoms with Crippen molar-refractivity contribution in [3.63, 3.8) is 0 Å². The summed E-state index contributed by atoms with van der Waals surface area (Å²) in [5.41, 5.74) is 0.674. The third-order valence-corrected chi connectivity index (χ3v) is 6.41. The molecule has 144 valence electrons. The van der Waals surface area contributed by atoms with E-state index in [4.69, 9.17) is 27.9 Å². The minimum absolute atomic E-state index is 0.0813. The molecule has 1 aliphatic rings. The molecule has 0 bridgehead atoms. The molecule has 2 aromatic carbocycles. The lowest BCUT2D eigenvalue weighted by atomic mass is 10.2. The average molecular weight is 429 g/mol. The molecule has 0 aromatic heterocycles. The zero-order valence-electron chi connectivity index (χ0n) is 14.2. The lowest BCUT2D eigenvalue weighted by molar-refractivity contribution is 0.102. The molecule has 2 N–H and O–H groups in total. The fourth-order valence-corrected chi connectivity index (χ4v) is 4.09. The normalized spacial score (nSPS) is 17.0. The van der Waals surface area contributed by atoms with Crippen molar-refractivity contribution in [2.24, 2.45) is 0 Å². The Kier molecular flexibility index (Phi) is 6.39. The predicted octanol–water partition coefficient (Wildman–Crippen LogP) is 3.70. The Hall–Kier alpha value is -1.64. The van der Waals surface area contributed by atoms with Gasteiger partial charge in [-0.1, -0.05) is 29.3 Å². The molecule has 1 heterocycles. The predicted molar refractivity (Wildman–Crippen MR) is 105 cm³/mol. The van der Waals surface area contributed by atoms with Crippen LogP contribution in [0.3, 0.4) is 0 Å². The van der Waals surface area contributed by atoms with Crippen molar-refractivity contribution in [1.29, 1.82) is 0 Å². The lowest BCUT2D eigenvalue weighted by Gasteiger charge is -2.12. The van der Waals surface area contributed by atoms with Gasteiger partial charge in [0.25, 0.3) is 5.91 Å². The summed E-state index contributed by atoms with van der Waals surface area (Å²) in [6.07, 6.45) is 1.69. The van der Waals surface area contributed by atoms with Crippen molar-refractivity contribution in [1.82, 2.24) is 4.72 Å². The number of amides is 1. The molecular weight excluding hydrogens is 411 g/mol. The van der Waals surface area contributed by atoms with Gasteiger partial charge in [-0.3, -0.25) is 4.79 Å². The lowest BCUT2D eigenvalue weighted by Crippen LogP contribution is -2.31. The summed E-state index contributed by atoms with van der Waals surface area (Å²) >= 11 is 12.0. The highest BCUT2D eigenvalue weighted by molar-refractivity contribution is 7.89. The molecule has 2 aromatic rings. The molecule has 1 aliphatic heterocycles. The first-order valence-electron chi connectivity index (χ1n) is 8.33. The van der Waals surface area contributed by atoms with Crippen molar-refractivity contribution in [2.75, 3.05) is 18.5 Å². The van der Waals surface area contributed by atoms with Crippen LogP contribution in [0.4, 0.5) is 5.69 Å². The number of hydrogen-bond donors (Lipinski definition) is 2. The van der Waals surface area contributed by atoms with Gasteiger partial charge in [0.1, 0.15) is 0 Å². The molecule has 0 unspecified atom stereocenters. The monoisotopic (exact) mass is 428 g/mol. The minimum atomic E-state index is -3.66. The van der Waals surface area contributed by atoms with Crippen molar-refractivity contribution >= 4 is 44.8 Å². The fraction of sp³-hybridized carbons (Fsp3) is 0.278. The van der Waals surface area contributed by atoms with E-state index in [9.17, 15) is 13.2 Å². The first kappa shape index (κ1) is 20.1. The molecule has 0 saturated carbocycles. The van der Waals surface area contributed by atoms with Gasteiger partial charge in [0.2, 0.25) is 10.0 Å². The number of anilines is 1. The number of rotatable bonds is 6. The molecular formula is C18H18Cl2N2O4S. The topological polar surface area (TPSA) is 84.5 Å². The van der Waals surface area contributed by atoms with Crippen LogP contribution in [0.1, 0.15) is 23.2 Å². The number of halogens is 2. The highest BCUT2D eigenvalue weighted by atomic mass is 35.5. The maximum Gasteiger partial charge on any atom is 0.255 e. The van der Waals surface area contributed by atoms with Crippen LogP contribution in [0.5, 0.6) is 0 Å². The quantitative estimate of drug-likeness (QED) is 0.734. The summed E-state index contributed by atoms with van der Waals surface area (Å²) in [4.78, 5) is 12.4. The van der Waals surface area contributed by atoms with Crippen LogP contribution in [0, 0.1) is 0 Å². The third kappa shape index (κ3) is 5.00. The zero-order valence-corrected chi connectivity index (χ0v) is 16.6. The highest BCUT2D eigenvalue weighted by Crippen LogP contribution is 2.29. The van der Waals surface area contributed by atoms with Gasteiger partial charge in [0.15, 0.2) is 0 Å². The molecule has 1 saturated heterocycles. The standard InChI is InChI=1S/C18H18Cl2N2O4S/c19-15-4-1-5-16(17(15)20)22-18(23)12-6-8-14(9-7-12)27(24,25)21-11-13-3-2-10-26-13/h1,4-9,13,21H,2-3,10-11H2,(H,22,23)/t13-/m1/s1.